The topological polar surface area (TPSA) is 84.1 Å². The van der Waals surface area contributed by atoms with Gasteiger partial charge in [0.25, 0.3) is 5.91 Å². The predicted octanol–water partition coefficient (Wildman–Crippen LogP) is 0.924. The third-order valence-electron chi connectivity index (χ3n) is 2.64. The number of H-pyrrole nitrogens is 1. The number of carbonyl (C=O) groups is 2. The number of amides is 1. The number of aromatic nitrogens is 2. The third-order valence-corrected chi connectivity index (χ3v) is 2.64. The van der Waals surface area contributed by atoms with E-state index in [1.807, 2.05) is 0 Å². The van der Waals surface area contributed by atoms with Gasteiger partial charge in [0, 0.05) is 25.2 Å². The van der Waals surface area contributed by atoms with Crippen molar-refractivity contribution in [1.29, 1.82) is 0 Å². The fraction of sp³-hybridized carbons (Fsp3) is 0.214. The van der Waals surface area contributed by atoms with Crippen LogP contribution < -0.4 is 5.32 Å². The van der Waals surface area contributed by atoms with Crippen molar-refractivity contribution in [3.8, 4) is 0 Å². The molecule has 2 N–H and O–H groups in total. The lowest BCUT2D eigenvalue weighted by Crippen LogP contribution is -2.43. The zero-order chi connectivity index (χ0) is 15.2. The molecule has 1 aromatic heterocycles. The Kier molecular flexibility index (Phi) is 4.04. The van der Waals surface area contributed by atoms with Gasteiger partial charge in [-0.05, 0) is 12.1 Å². The summed E-state index contributed by atoms with van der Waals surface area (Å²) in [6.07, 6.45) is 1.81. The number of hydrogen-bond donors (Lipinski definition) is 2. The standard InChI is InChI=1S/C14H15N3O3/c1-20-14(19)12(7-11-8-15-9-16-11)17-13(18)10-5-3-2-4-6-10/h2-6,8-9,12H,7H2,1H3,(H,15,16)(H,17,18)/t12-/m1/s1/i7D/t7?,12-. The summed E-state index contributed by atoms with van der Waals surface area (Å²) in [4.78, 5) is 30.5. The van der Waals surface area contributed by atoms with Gasteiger partial charge in [-0.1, -0.05) is 18.2 Å². The van der Waals surface area contributed by atoms with Crippen LogP contribution in [0.4, 0.5) is 0 Å². The molecule has 1 unspecified atom stereocenters. The minimum Gasteiger partial charge on any atom is -0.467 e. The first-order valence-electron chi connectivity index (χ1n) is 6.55. The van der Waals surface area contributed by atoms with Gasteiger partial charge in [0.1, 0.15) is 6.04 Å². The third kappa shape index (κ3) is 3.44. The van der Waals surface area contributed by atoms with Crippen molar-refractivity contribution in [2.24, 2.45) is 0 Å². The number of esters is 1. The molecule has 2 atom stereocenters. The van der Waals surface area contributed by atoms with E-state index in [0.717, 1.165) is 0 Å². The first-order valence-corrected chi connectivity index (χ1v) is 5.97. The Morgan fingerprint density at radius 1 is 1.45 bits per heavy atom. The number of methoxy groups -OCH3 is 1. The second-order valence-electron chi connectivity index (χ2n) is 4.01. The van der Waals surface area contributed by atoms with E-state index in [9.17, 15) is 9.59 Å². The molecule has 6 nitrogen and oxygen atoms in total. The molecule has 0 aliphatic carbocycles. The van der Waals surface area contributed by atoms with Crippen LogP contribution in [0.5, 0.6) is 0 Å². The molecule has 104 valence electrons. The molecule has 20 heavy (non-hydrogen) atoms. The highest BCUT2D eigenvalue weighted by Crippen LogP contribution is 2.04. The zero-order valence-corrected chi connectivity index (χ0v) is 10.9. The molecule has 6 heteroatoms. The van der Waals surface area contributed by atoms with Gasteiger partial charge in [0.05, 0.1) is 13.4 Å². The maximum Gasteiger partial charge on any atom is 0.328 e. The molecule has 0 saturated carbocycles. The second-order valence-corrected chi connectivity index (χ2v) is 4.01. The first-order chi connectivity index (χ1) is 10.1. The van der Waals surface area contributed by atoms with Crippen LogP contribution in [0.3, 0.4) is 0 Å². The summed E-state index contributed by atoms with van der Waals surface area (Å²) in [5.74, 6) is -1.13. The van der Waals surface area contributed by atoms with E-state index in [2.05, 4.69) is 20.0 Å². The minimum absolute atomic E-state index is 0.406. The van der Waals surface area contributed by atoms with Crippen molar-refractivity contribution < 1.29 is 15.7 Å². The van der Waals surface area contributed by atoms with Crippen LogP contribution in [0, 0.1) is 0 Å². The van der Waals surface area contributed by atoms with Crippen molar-refractivity contribution in [2.75, 3.05) is 7.11 Å². The number of nitrogens with zero attached hydrogens (tertiary/aromatic N) is 1. The van der Waals surface area contributed by atoms with Crippen LogP contribution in [-0.2, 0) is 15.9 Å². The lowest BCUT2D eigenvalue weighted by molar-refractivity contribution is -0.142. The SMILES string of the molecule is [2H]C(c1cnc[nH]1)[C@@H](NC(=O)c1ccccc1)C(=O)OC. The Labute approximate surface area is 117 Å². The molecule has 1 heterocycles. The van der Waals surface area contributed by atoms with Crippen LogP contribution in [-0.4, -0.2) is 35.0 Å². The molecular formula is C14H15N3O3. The van der Waals surface area contributed by atoms with E-state index in [-0.39, 0.29) is 0 Å². The summed E-state index contributed by atoms with van der Waals surface area (Å²) in [7, 11) is 1.21. The van der Waals surface area contributed by atoms with Crippen LogP contribution in [0.2, 0.25) is 0 Å². The van der Waals surface area contributed by atoms with E-state index >= 15 is 0 Å². The summed E-state index contributed by atoms with van der Waals surface area (Å²) in [5, 5.41) is 2.52. The smallest absolute Gasteiger partial charge is 0.328 e. The molecule has 0 bridgehead atoms. The van der Waals surface area contributed by atoms with Crippen molar-refractivity contribution in [2.45, 2.75) is 12.4 Å². The fourth-order valence-electron chi connectivity index (χ4n) is 1.65. The average molecular weight is 274 g/mol. The van der Waals surface area contributed by atoms with Crippen LogP contribution in [0.15, 0.2) is 42.9 Å². The van der Waals surface area contributed by atoms with E-state index in [4.69, 9.17) is 1.37 Å². The largest absolute Gasteiger partial charge is 0.467 e. The Bertz CT molecular complexity index is 601. The molecule has 0 saturated heterocycles. The summed E-state index contributed by atoms with van der Waals surface area (Å²) in [6, 6.07) is 7.34. The molecule has 1 aromatic carbocycles. The lowest BCUT2D eigenvalue weighted by Gasteiger charge is -2.15. The number of hydrogen-bond acceptors (Lipinski definition) is 4. The van der Waals surface area contributed by atoms with Gasteiger partial charge in [-0.25, -0.2) is 9.78 Å². The molecule has 0 radical (unpaired) electrons. The summed E-state index contributed by atoms with van der Waals surface area (Å²) in [5.41, 5.74) is 0.821. The van der Waals surface area contributed by atoms with Gasteiger partial charge in [-0.3, -0.25) is 4.79 Å². The number of nitrogens with one attached hydrogen (secondary N) is 2. The molecule has 1 amide bonds. The summed E-state index contributed by atoms with van der Waals surface area (Å²) in [6.45, 7) is 0. The van der Waals surface area contributed by atoms with Crippen LogP contribution in [0.25, 0.3) is 0 Å². The van der Waals surface area contributed by atoms with Crippen LogP contribution in [0.1, 0.15) is 17.4 Å². The van der Waals surface area contributed by atoms with Crippen molar-refractivity contribution in [3.05, 3.63) is 54.1 Å². The van der Waals surface area contributed by atoms with Gasteiger partial charge in [0.2, 0.25) is 0 Å². The van der Waals surface area contributed by atoms with Crippen molar-refractivity contribution >= 4 is 11.9 Å². The Morgan fingerprint density at radius 3 is 2.80 bits per heavy atom. The summed E-state index contributed by atoms with van der Waals surface area (Å²) >= 11 is 0. The van der Waals surface area contributed by atoms with E-state index in [0.29, 0.717) is 11.3 Å². The van der Waals surface area contributed by atoms with E-state index < -0.39 is 24.3 Å². The van der Waals surface area contributed by atoms with Crippen molar-refractivity contribution in [3.63, 3.8) is 0 Å². The number of carbonyl (C=O) groups excluding carboxylic acids is 2. The number of rotatable bonds is 5. The number of benzene rings is 1. The first kappa shape index (κ1) is 12.4. The number of aromatic amines is 1. The number of imidazole rings is 1. The minimum atomic E-state index is -1.12. The maximum atomic E-state index is 12.1. The van der Waals surface area contributed by atoms with Gasteiger partial charge < -0.3 is 15.0 Å². The normalized spacial score (nSPS) is 13.9. The monoisotopic (exact) mass is 274 g/mol. The fourth-order valence-corrected chi connectivity index (χ4v) is 1.65. The Balaban J connectivity index is 2.17. The summed E-state index contributed by atoms with van der Waals surface area (Å²) < 4.78 is 12.8. The molecule has 0 spiro atoms. The highest BCUT2D eigenvalue weighted by molar-refractivity contribution is 5.96. The van der Waals surface area contributed by atoms with Gasteiger partial charge in [0.15, 0.2) is 0 Å². The second kappa shape index (κ2) is 6.51. The predicted molar refractivity (Wildman–Crippen MR) is 72.0 cm³/mol. The van der Waals surface area contributed by atoms with Gasteiger partial charge >= 0.3 is 5.97 Å². The number of ether oxygens (including phenoxy) is 1. The lowest BCUT2D eigenvalue weighted by atomic mass is 10.1. The molecular weight excluding hydrogens is 258 g/mol. The Morgan fingerprint density at radius 2 is 2.20 bits per heavy atom. The highest BCUT2D eigenvalue weighted by Gasteiger charge is 2.22. The zero-order valence-electron chi connectivity index (χ0n) is 11.9. The van der Waals surface area contributed by atoms with E-state index in [1.54, 1.807) is 30.3 Å². The molecule has 0 fully saturated rings. The molecule has 2 rings (SSSR count). The average Bonchev–Trinajstić information content (AvgIpc) is 3.06. The van der Waals surface area contributed by atoms with E-state index in [1.165, 1.54) is 19.6 Å². The Hall–Kier alpha value is -2.63. The van der Waals surface area contributed by atoms with Gasteiger partial charge in [-0.2, -0.15) is 0 Å². The molecule has 0 aliphatic heterocycles. The quantitative estimate of drug-likeness (QED) is 0.794. The molecule has 2 aromatic rings. The molecule has 0 aliphatic rings. The highest BCUT2D eigenvalue weighted by atomic mass is 16.5. The van der Waals surface area contributed by atoms with Crippen LogP contribution >= 0.6 is 0 Å². The maximum absolute atomic E-state index is 12.1. The van der Waals surface area contributed by atoms with Gasteiger partial charge in [-0.15, -0.1) is 0 Å². The van der Waals surface area contributed by atoms with Crippen molar-refractivity contribution in [1.82, 2.24) is 15.3 Å².